The molecule has 3 aromatic rings. The molecular formula is C18H11NO4. The molecule has 0 amide bonds. The molecule has 1 heterocycles. The standard InChI is InChI=1S/C18H11NO4/c20-13-5-6-14(21)17-16(13)15(22)7-10(18(17)23)11-8-19-12-4-2-1-3-9(11)12/h1-8,19,22-23H. The molecule has 0 unspecified atom stereocenters. The van der Waals surface area contributed by atoms with Gasteiger partial charge >= 0.3 is 0 Å². The van der Waals surface area contributed by atoms with E-state index in [0.717, 1.165) is 23.1 Å². The van der Waals surface area contributed by atoms with Gasteiger partial charge in [-0.15, -0.1) is 0 Å². The van der Waals surface area contributed by atoms with Crippen LogP contribution in [0.5, 0.6) is 11.5 Å². The topological polar surface area (TPSA) is 90.4 Å². The first-order valence-electron chi connectivity index (χ1n) is 7.00. The summed E-state index contributed by atoms with van der Waals surface area (Å²) in [5.74, 6) is -1.63. The molecule has 23 heavy (non-hydrogen) atoms. The van der Waals surface area contributed by atoms with Crippen LogP contribution in [0.1, 0.15) is 20.7 Å². The van der Waals surface area contributed by atoms with Gasteiger partial charge in [0.2, 0.25) is 0 Å². The highest BCUT2D eigenvalue weighted by atomic mass is 16.3. The minimum absolute atomic E-state index is 0.154. The van der Waals surface area contributed by atoms with Crippen molar-refractivity contribution >= 4 is 22.5 Å². The number of carbonyl (C=O) groups is 2. The van der Waals surface area contributed by atoms with Crippen molar-refractivity contribution < 1.29 is 19.8 Å². The van der Waals surface area contributed by atoms with Crippen LogP contribution in [-0.4, -0.2) is 26.8 Å². The summed E-state index contributed by atoms with van der Waals surface area (Å²) in [6.45, 7) is 0. The fraction of sp³-hybridized carbons (Fsp3) is 0. The summed E-state index contributed by atoms with van der Waals surface area (Å²) < 4.78 is 0. The van der Waals surface area contributed by atoms with Crippen LogP contribution in [0.2, 0.25) is 0 Å². The van der Waals surface area contributed by atoms with E-state index >= 15 is 0 Å². The summed E-state index contributed by atoms with van der Waals surface area (Å²) in [6, 6.07) is 8.79. The number of aromatic hydroxyl groups is 2. The van der Waals surface area contributed by atoms with Crippen molar-refractivity contribution in [2.75, 3.05) is 0 Å². The molecule has 0 saturated carbocycles. The summed E-state index contributed by atoms with van der Waals surface area (Å²) in [6.07, 6.45) is 3.88. The second-order valence-electron chi connectivity index (χ2n) is 5.35. The summed E-state index contributed by atoms with van der Waals surface area (Å²) >= 11 is 0. The minimum atomic E-state index is -0.505. The lowest BCUT2D eigenvalue weighted by Gasteiger charge is -2.15. The molecule has 0 saturated heterocycles. The number of hydrogen-bond acceptors (Lipinski definition) is 4. The Labute approximate surface area is 130 Å². The van der Waals surface area contributed by atoms with Crippen LogP contribution in [0.15, 0.2) is 48.7 Å². The van der Waals surface area contributed by atoms with E-state index < -0.39 is 11.6 Å². The van der Waals surface area contributed by atoms with Crippen molar-refractivity contribution in [3.8, 4) is 22.6 Å². The molecule has 1 aliphatic rings. The Balaban J connectivity index is 2.06. The Morgan fingerprint density at radius 2 is 1.57 bits per heavy atom. The van der Waals surface area contributed by atoms with Crippen LogP contribution in [0.4, 0.5) is 0 Å². The zero-order valence-corrected chi connectivity index (χ0v) is 11.8. The number of nitrogens with one attached hydrogen (secondary N) is 1. The highest BCUT2D eigenvalue weighted by Crippen LogP contribution is 2.43. The normalized spacial score (nSPS) is 13.6. The number of ketones is 2. The molecule has 112 valence electrons. The molecular weight excluding hydrogens is 294 g/mol. The van der Waals surface area contributed by atoms with Crippen LogP contribution in [-0.2, 0) is 0 Å². The number of para-hydroxylation sites is 1. The molecule has 4 rings (SSSR count). The maximum absolute atomic E-state index is 12.1. The molecule has 3 N–H and O–H groups in total. The molecule has 5 heteroatoms. The van der Waals surface area contributed by atoms with Gasteiger partial charge in [-0.05, 0) is 24.3 Å². The summed E-state index contributed by atoms with van der Waals surface area (Å²) in [7, 11) is 0. The van der Waals surface area contributed by atoms with Crippen molar-refractivity contribution in [3.05, 3.63) is 59.8 Å². The highest BCUT2D eigenvalue weighted by Gasteiger charge is 2.29. The number of aromatic nitrogens is 1. The van der Waals surface area contributed by atoms with Gasteiger partial charge in [0.1, 0.15) is 11.5 Å². The largest absolute Gasteiger partial charge is 0.507 e. The molecule has 0 spiro atoms. The van der Waals surface area contributed by atoms with Crippen molar-refractivity contribution in [2.45, 2.75) is 0 Å². The van der Waals surface area contributed by atoms with Gasteiger partial charge in [-0.3, -0.25) is 9.59 Å². The number of carbonyl (C=O) groups excluding carboxylic acids is 2. The average molecular weight is 305 g/mol. The molecule has 0 radical (unpaired) electrons. The van der Waals surface area contributed by atoms with Gasteiger partial charge in [-0.2, -0.15) is 0 Å². The number of aromatic amines is 1. The summed E-state index contributed by atoms with van der Waals surface area (Å²) in [4.78, 5) is 27.0. The number of hydrogen-bond donors (Lipinski definition) is 3. The third-order valence-corrected chi connectivity index (χ3v) is 4.04. The van der Waals surface area contributed by atoms with Crippen molar-refractivity contribution in [1.29, 1.82) is 0 Å². The number of phenols is 2. The second-order valence-corrected chi connectivity index (χ2v) is 5.35. The summed E-state index contributed by atoms with van der Waals surface area (Å²) in [5.41, 5.74) is 1.50. The van der Waals surface area contributed by atoms with Gasteiger partial charge in [0.15, 0.2) is 11.6 Å². The van der Waals surface area contributed by atoms with Crippen LogP contribution in [0, 0.1) is 0 Å². The highest BCUT2D eigenvalue weighted by molar-refractivity contribution is 6.25. The van der Waals surface area contributed by atoms with Crippen molar-refractivity contribution in [3.63, 3.8) is 0 Å². The molecule has 0 aliphatic heterocycles. The van der Waals surface area contributed by atoms with Gasteiger partial charge in [0.05, 0.1) is 11.1 Å². The van der Waals surface area contributed by atoms with Gasteiger partial charge in [-0.1, -0.05) is 18.2 Å². The fourth-order valence-corrected chi connectivity index (χ4v) is 2.97. The van der Waals surface area contributed by atoms with Crippen molar-refractivity contribution in [2.24, 2.45) is 0 Å². The molecule has 5 nitrogen and oxygen atoms in total. The van der Waals surface area contributed by atoms with E-state index in [2.05, 4.69) is 4.98 Å². The average Bonchev–Trinajstić information content (AvgIpc) is 2.97. The molecule has 0 fully saturated rings. The quantitative estimate of drug-likeness (QED) is 0.602. The monoisotopic (exact) mass is 305 g/mol. The van der Waals surface area contributed by atoms with E-state index in [1.807, 2.05) is 24.3 Å². The zero-order valence-electron chi connectivity index (χ0n) is 11.8. The Morgan fingerprint density at radius 3 is 2.35 bits per heavy atom. The van der Waals surface area contributed by atoms with E-state index in [1.54, 1.807) is 6.20 Å². The first kappa shape index (κ1) is 13.3. The van der Waals surface area contributed by atoms with Gasteiger partial charge in [0.25, 0.3) is 0 Å². The van der Waals surface area contributed by atoms with Crippen LogP contribution in [0.3, 0.4) is 0 Å². The minimum Gasteiger partial charge on any atom is -0.507 e. The number of H-pyrrole nitrogens is 1. The maximum Gasteiger partial charge on any atom is 0.190 e. The lowest BCUT2D eigenvalue weighted by molar-refractivity contribution is 0.0989. The Bertz CT molecular complexity index is 1030. The van der Waals surface area contributed by atoms with E-state index in [0.29, 0.717) is 11.1 Å². The molecule has 0 bridgehead atoms. The Hall–Kier alpha value is -3.34. The Morgan fingerprint density at radius 1 is 0.870 bits per heavy atom. The SMILES string of the molecule is O=C1C=CC(=O)c2c(O)c(-c3c[nH]c4ccccc34)cc(O)c21. The van der Waals surface area contributed by atoms with Crippen LogP contribution in [0.25, 0.3) is 22.0 Å². The number of phenolic OH excluding ortho intramolecular Hbond substituents is 2. The lowest BCUT2D eigenvalue weighted by atomic mass is 9.89. The predicted octanol–water partition coefficient (Wildman–Crippen LogP) is 3.18. The van der Waals surface area contributed by atoms with Crippen LogP contribution < -0.4 is 0 Å². The first-order valence-corrected chi connectivity index (χ1v) is 7.00. The zero-order chi connectivity index (χ0) is 16.1. The number of fused-ring (bicyclic) bond motifs is 2. The molecule has 1 aromatic heterocycles. The third kappa shape index (κ3) is 1.80. The maximum atomic E-state index is 12.1. The molecule has 1 aliphatic carbocycles. The fourth-order valence-electron chi connectivity index (χ4n) is 2.97. The van der Waals surface area contributed by atoms with Crippen molar-refractivity contribution in [1.82, 2.24) is 4.98 Å². The Kier molecular flexibility index (Phi) is 2.65. The first-order chi connectivity index (χ1) is 11.1. The van der Waals surface area contributed by atoms with E-state index in [4.69, 9.17) is 0 Å². The van der Waals surface area contributed by atoms with E-state index in [1.165, 1.54) is 6.07 Å². The predicted molar refractivity (Wildman–Crippen MR) is 84.9 cm³/mol. The number of benzene rings is 2. The number of rotatable bonds is 1. The van der Waals surface area contributed by atoms with Crippen LogP contribution >= 0.6 is 0 Å². The lowest BCUT2D eigenvalue weighted by Crippen LogP contribution is -2.12. The number of allylic oxidation sites excluding steroid dienone is 2. The van der Waals surface area contributed by atoms with E-state index in [-0.39, 0.29) is 22.6 Å². The molecule has 2 aromatic carbocycles. The van der Waals surface area contributed by atoms with Gasteiger partial charge in [-0.25, -0.2) is 0 Å². The van der Waals surface area contributed by atoms with Gasteiger partial charge < -0.3 is 15.2 Å². The van der Waals surface area contributed by atoms with E-state index in [9.17, 15) is 19.8 Å². The van der Waals surface area contributed by atoms with Gasteiger partial charge in [0, 0.05) is 28.2 Å². The third-order valence-electron chi connectivity index (χ3n) is 4.04. The smallest absolute Gasteiger partial charge is 0.190 e. The second kappa shape index (κ2) is 4.58. The summed E-state index contributed by atoms with van der Waals surface area (Å²) in [5, 5.41) is 21.6. The molecule has 0 atom stereocenters.